The topological polar surface area (TPSA) is 66.9 Å². The monoisotopic (exact) mass is 542 g/mol. The minimum Gasteiger partial charge on any atom is -0.437 e. The normalized spacial score (nSPS) is 16.6. The average molecular weight is 543 g/mol. The number of likely N-dealkylation sites (tertiary alicyclic amines) is 1. The summed E-state index contributed by atoms with van der Waals surface area (Å²) in [6.45, 7) is 3.47. The van der Waals surface area contributed by atoms with Crippen molar-refractivity contribution >= 4 is 29.1 Å². The van der Waals surface area contributed by atoms with Crippen molar-refractivity contribution in [1.29, 1.82) is 0 Å². The number of likely N-dealkylation sites (N-methyl/N-ethyl adjacent to an activating group) is 1. The molecule has 7 nitrogen and oxygen atoms in total. The summed E-state index contributed by atoms with van der Waals surface area (Å²) in [5.74, 6) is 0.250. The number of carbonyl (C=O) groups excluding carboxylic acids is 1. The summed E-state index contributed by atoms with van der Waals surface area (Å²) in [5, 5.41) is 3.98. The summed E-state index contributed by atoms with van der Waals surface area (Å²) >= 11 is 12.3. The third kappa shape index (κ3) is 7.90. The van der Waals surface area contributed by atoms with Crippen LogP contribution in [-0.2, 0) is 11.3 Å². The van der Waals surface area contributed by atoms with Crippen LogP contribution in [0.25, 0.3) is 0 Å². The van der Waals surface area contributed by atoms with E-state index in [1.54, 1.807) is 36.5 Å². The number of carbonyl (C=O) groups is 1. The highest BCUT2D eigenvalue weighted by molar-refractivity contribution is 6.35. The summed E-state index contributed by atoms with van der Waals surface area (Å²) in [6, 6.07) is 18.6. The van der Waals surface area contributed by atoms with Crippen LogP contribution in [0, 0.1) is 0 Å². The standard InChI is InChI=1S/C28H32Cl2N4O3/c1-33(2)23-12-14-34(17-23)16-22(19-36-18-20-7-4-3-5-8-20)32-27(35)24-9-6-13-31-28(24)37-26-11-10-21(29)15-25(26)30/h3-11,13,15,22-23H,12,14,16-19H2,1-2H3,(H,32,35)/t22-,23+/m0/s1. The minimum absolute atomic E-state index is 0.169. The summed E-state index contributed by atoms with van der Waals surface area (Å²) in [6.07, 6.45) is 2.67. The minimum atomic E-state index is -0.287. The van der Waals surface area contributed by atoms with Crippen molar-refractivity contribution in [1.82, 2.24) is 20.1 Å². The van der Waals surface area contributed by atoms with Gasteiger partial charge < -0.3 is 19.7 Å². The number of ether oxygens (including phenoxy) is 2. The number of benzene rings is 2. The maximum atomic E-state index is 13.4. The number of hydrogen-bond donors (Lipinski definition) is 1. The molecule has 37 heavy (non-hydrogen) atoms. The fraction of sp³-hybridized carbons (Fsp3) is 0.357. The van der Waals surface area contributed by atoms with Crippen molar-refractivity contribution in [3.05, 3.63) is 88.0 Å². The molecular weight excluding hydrogens is 511 g/mol. The van der Waals surface area contributed by atoms with Gasteiger partial charge in [0.2, 0.25) is 5.88 Å². The molecule has 0 aliphatic carbocycles. The zero-order valence-electron chi connectivity index (χ0n) is 21.1. The smallest absolute Gasteiger partial charge is 0.257 e. The number of hydrogen-bond acceptors (Lipinski definition) is 6. The summed E-state index contributed by atoms with van der Waals surface area (Å²) in [7, 11) is 4.21. The molecule has 1 aliphatic heterocycles. The van der Waals surface area contributed by atoms with Crippen molar-refractivity contribution in [3.8, 4) is 11.6 Å². The lowest BCUT2D eigenvalue weighted by Crippen LogP contribution is -2.46. The van der Waals surface area contributed by atoms with Gasteiger partial charge in [0.15, 0.2) is 0 Å². The van der Waals surface area contributed by atoms with Crippen molar-refractivity contribution in [2.75, 3.05) is 40.3 Å². The first-order valence-corrected chi connectivity index (χ1v) is 13.0. The van der Waals surface area contributed by atoms with E-state index in [1.807, 2.05) is 30.3 Å². The molecule has 2 aromatic carbocycles. The van der Waals surface area contributed by atoms with Gasteiger partial charge in [-0.15, -0.1) is 0 Å². The van der Waals surface area contributed by atoms with Crippen LogP contribution in [0.5, 0.6) is 11.6 Å². The van der Waals surface area contributed by atoms with Crippen LogP contribution in [0.4, 0.5) is 0 Å². The molecule has 0 bridgehead atoms. The van der Waals surface area contributed by atoms with E-state index in [1.165, 1.54) is 0 Å². The molecule has 1 N–H and O–H groups in total. The fourth-order valence-corrected chi connectivity index (χ4v) is 4.76. The molecule has 1 aliphatic rings. The van der Waals surface area contributed by atoms with Gasteiger partial charge >= 0.3 is 0 Å². The highest BCUT2D eigenvalue weighted by Gasteiger charge is 2.27. The molecule has 0 spiro atoms. The Morgan fingerprint density at radius 1 is 1.16 bits per heavy atom. The van der Waals surface area contributed by atoms with Crippen molar-refractivity contribution < 1.29 is 14.3 Å². The number of amides is 1. The molecule has 3 aromatic rings. The first-order chi connectivity index (χ1) is 17.9. The third-order valence-electron chi connectivity index (χ3n) is 6.34. The Morgan fingerprint density at radius 3 is 2.70 bits per heavy atom. The molecule has 0 unspecified atom stereocenters. The molecule has 1 amide bonds. The molecule has 1 fully saturated rings. The lowest BCUT2D eigenvalue weighted by atomic mass is 10.2. The molecule has 4 rings (SSSR count). The van der Waals surface area contributed by atoms with Gasteiger partial charge in [-0.1, -0.05) is 53.5 Å². The second kappa shape index (κ2) is 13.2. The van der Waals surface area contributed by atoms with E-state index >= 15 is 0 Å². The Kier molecular flexibility index (Phi) is 9.77. The van der Waals surface area contributed by atoms with Gasteiger partial charge in [0.1, 0.15) is 11.3 Å². The van der Waals surface area contributed by atoms with Gasteiger partial charge in [-0.2, -0.15) is 0 Å². The second-order valence-electron chi connectivity index (χ2n) is 9.37. The maximum absolute atomic E-state index is 13.4. The maximum Gasteiger partial charge on any atom is 0.257 e. The molecule has 2 atom stereocenters. The Labute approximate surface area is 228 Å². The highest BCUT2D eigenvalue weighted by atomic mass is 35.5. The van der Waals surface area contributed by atoms with Gasteiger partial charge in [0.25, 0.3) is 5.91 Å². The lowest BCUT2D eigenvalue weighted by Gasteiger charge is -2.26. The van der Waals surface area contributed by atoms with Gasteiger partial charge in [-0.25, -0.2) is 4.98 Å². The largest absolute Gasteiger partial charge is 0.437 e. The lowest BCUT2D eigenvalue weighted by molar-refractivity contribution is 0.0731. The van der Waals surface area contributed by atoms with E-state index in [0.717, 1.165) is 25.1 Å². The van der Waals surface area contributed by atoms with Crippen LogP contribution in [0.2, 0.25) is 10.0 Å². The molecule has 196 valence electrons. The van der Waals surface area contributed by atoms with Crippen molar-refractivity contribution in [3.63, 3.8) is 0 Å². The summed E-state index contributed by atoms with van der Waals surface area (Å²) < 4.78 is 11.9. The van der Waals surface area contributed by atoms with Gasteiger partial charge in [-0.05, 0) is 63.0 Å². The highest BCUT2D eigenvalue weighted by Crippen LogP contribution is 2.32. The number of nitrogens with zero attached hydrogens (tertiary/aromatic N) is 3. The summed E-state index contributed by atoms with van der Waals surface area (Å²) in [4.78, 5) is 22.3. The first-order valence-electron chi connectivity index (χ1n) is 12.3. The molecule has 0 radical (unpaired) electrons. The number of nitrogens with one attached hydrogen (secondary N) is 1. The number of halogens is 2. The van der Waals surface area contributed by atoms with E-state index in [4.69, 9.17) is 32.7 Å². The first kappa shape index (κ1) is 27.4. The SMILES string of the molecule is CN(C)[C@@H]1CCN(C[C@@H](COCc2ccccc2)NC(=O)c2cccnc2Oc2ccc(Cl)cc2Cl)C1. The molecule has 2 heterocycles. The molecule has 9 heteroatoms. The van der Waals surface area contributed by atoms with E-state index in [-0.39, 0.29) is 17.8 Å². The number of rotatable bonds is 11. The van der Waals surface area contributed by atoms with Crippen molar-refractivity contribution in [2.24, 2.45) is 0 Å². The third-order valence-corrected chi connectivity index (χ3v) is 6.87. The Hall–Kier alpha value is -2.68. The predicted octanol–water partition coefficient (Wildman–Crippen LogP) is 5.13. The van der Waals surface area contributed by atoms with Crippen LogP contribution < -0.4 is 10.1 Å². The predicted molar refractivity (Wildman–Crippen MR) is 147 cm³/mol. The van der Waals surface area contributed by atoms with Crippen molar-refractivity contribution in [2.45, 2.75) is 25.1 Å². The Morgan fingerprint density at radius 2 is 1.97 bits per heavy atom. The number of aromatic nitrogens is 1. The van der Waals surface area contributed by atoms with Gasteiger partial charge in [0.05, 0.1) is 24.3 Å². The molecular formula is C28H32Cl2N4O3. The average Bonchev–Trinajstić information content (AvgIpc) is 3.35. The van der Waals surface area contributed by atoms with Crippen LogP contribution in [0.1, 0.15) is 22.3 Å². The quantitative estimate of drug-likeness (QED) is 0.362. The summed E-state index contributed by atoms with van der Waals surface area (Å²) in [5.41, 5.74) is 1.40. The molecule has 0 saturated carbocycles. The fourth-order valence-electron chi connectivity index (χ4n) is 4.31. The van der Waals surface area contributed by atoms with Crippen LogP contribution >= 0.6 is 23.2 Å². The van der Waals surface area contributed by atoms with Gasteiger partial charge in [0, 0.05) is 30.4 Å². The zero-order chi connectivity index (χ0) is 26.2. The van der Waals surface area contributed by atoms with Crippen LogP contribution in [0.3, 0.4) is 0 Å². The van der Waals surface area contributed by atoms with E-state index in [0.29, 0.717) is 47.2 Å². The van der Waals surface area contributed by atoms with E-state index < -0.39 is 0 Å². The molecule has 1 aromatic heterocycles. The van der Waals surface area contributed by atoms with E-state index in [2.05, 4.69) is 34.2 Å². The molecule has 1 saturated heterocycles. The zero-order valence-corrected chi connectivity index (χ0v) is 22.6. The van der Waals surface area contributed by atoms with E-state index in [9.17, 15) is 4.79 Å². The van der Waals surface area contributed by atoms with Gasteiger partial charge in [-0.3, -0.25) is 9.69 Å². The Bertz CT molecular complexity index is 1180. The second-order valence-corrected chi connectivity index (χ2v) is 10.2. The Balaban J connectivity index is 1.45. The number of pyridine rings is 1. The van der Waals surface area contributed by atoms with Crippen LogP contribution in [-0.4, -0.2) is 73.1 Å². The van der Waals surface area contributed by atoms with Crippen LogP contribution in [0.15, 0.2) is 66.9 Å².